The molecule has 0 rings (SSSR count). The van der Waals surface area contributed by atoms with Gasteiger partial charge in [-0.05, 0) is 27.7 Å². The van der Waals surface area contributed by atoms with E-state index in [-0.39, 0.29) is 167 Å². The van der Waals surface area contributed by atoms with Gasteiger partial charge in [0.05, 0.1) is 144 Å². The van der Waals surface area contributed by atoms with Gasteiger partial charge in [0.1, 0.15) is 89.5 Å². The molecule has 0 aromatic rings. The Morgan fingerprint density at radius 1 is 0.205 bits per heavy atom. The van der Waals surface area contributed by atoms with Crippen molar-refractivity contribution in [3.8, 4) is 0 Å². The van der Waals surface area contributed by atoms with Crippen LogP contribution in [-0.2, 0) is 162 Å². The van der Waals surface area contributed by atoms with Gasteiger partial charge in [0.15, 0.2) is 23.7 Å². The molecule has 0 fully saturated rings. The molecule has 4 atom stereocenters. The van der Waals surface area contributed by atoms with Crippen molar-refractivity contribution < 1.29 is 203 Å². The van der Waals surface area contributed by atoms with E-state index in [0.717, 1.165) is 27.7 Å². The van der Waals surface area contributed by atoms with E-state index in [9.17, 15) is 97.1 Å². The molecule has 0 aliphatic rings. The van der Waals surface area contributed by atoms with Crippen molar-refractivity contribution in [2.75, 3.05) is 145 Å². The molecule has 112 heavy (non-hydrogen) atoms. The topological polar surface area (TPSA) is 601 Å². The van der Waals surface area contributed by atoms with Crippen molar-refractivity contribution in [3.05, 3.63) is 0 Å². The van der Waals surface area contributed by atoms with Gasteiger partial charge in [-0.3, -0.25) is 76.7 Å². The van der Waals surface area contributed by atoms with Gasteiger partial charge in [-0.2, -0.15) is 0 Å². The Morgan fingerprint density at radius 2 is 0.348 bits per heavy atom. The van der Waals surface area contributed by atoms with Gasteiger partial charge in [0.25, 0.3) is 0 Å². The third-order valence-electron chi connectivity index (χ3n) is 12.8. The lowest BCUT2D eigenvalue weighted by Crippen LogP contribution is -2.34. The zero-order valence-corrected chi connectivity index (χ0v) is 56.4. The number of carbonyl (C=O) groups excluding carboxylic acids is 8. The minimum atomic E-state index is -1.61. The lowest BCUT2D eigenvalue weighted by atomic mass is 10.2. The smallest absolute Gasteiger partial charge is 0.320 e. The monoisotopic (exact) mass is 1640 g/mol. The van der Waals surface area contributed by atoms with Crippen LogP contribution in [0.25, 0.3) is 0 Å². The number of esters is 8. The van der Waals surface area contributed by atoms with Crippen molar-refractivity contribution in [1.29, 1.82) is 0 Å². The van der Waals surface area contributed by atoms with Crippen LogP contribution < -0.4 is 0 Å². The second kappa shape index (κ2) is 76.1. The molecule has 0 aromatic heterocycles. The Balaban J connectivity index is -0.00000113. The maximum Gasteiger partial charge on any atom is 0.320 e. The number of rotatable bonds is 65. The van der Waals surface area contributed by atoms with Crippen LogP contribution >= 0.6 is 0 Å². The molecule has 0 bridgehead atoms. The second-order valence-electron chi connectivity index (χ2n) is 21.3. The van der Waals surface area contributed by atoms with Crippen LogP contribution in [0.4, 0.5) is 0 Å². The van der Waals surface area contributed by atoms with E-state index >= 15 is 0 Å². The zero-order valence-electron chi connectivity index (χ0n) is 56.4. The molecule has 0 aliphatic carbocycles. The average Bonchev–Trinajstić information content (AvgIpc) is 0.912. The standard InChI is InChI=1S/C60H90O42.10CH4/c1-35(53(73)74)57(81)99-31-43(32-100-58(82)36(2)54(75)76)91-19-15-87-25-40(26-88-16-20-92-44(33-101-59(83)37(3)55(77)78)34-102-60(84)38(4)56(79)80)94-22-21-93-39(23-85-13-17-89-41(27-95-49(69)9-5-45(61)62)28-96-50(70)10-6-46(63)64)24-86-14-18-90-42(29-97-51(71)11-7-47(65)66)30-98-52(72)12-8-48(67)68;;;;;;;;;;/h35-44H,5-34H2,1-4H3,(H,61,62)(H,63,64)(H,65,66)(H,67,68)(H,73,74)(H,75,76)(H,77,78)(H,79,80);10*1H4. The van der Waals surface area contributed by atoms with Crippen LogP contribution in [0.5, 0.6) is 0 Å². The molecule has 42 nitrogen and oxygen atoms in total. The van der Waals surface area contributed by atoms with E-state index in [1.807, 2.05) is 0 Å². The summed E-state index contributed by atoms with van der Waals surface area (Å²) < 4.78 is 98.1. The summed E-state index contributed by atoms with van der Waals surface area (Å²) in [6.45, 7) is -4.65. The molecular formula is C70H130O42. The van der Waals surface area contributed by atoms with E-state index in [4.69, 9.17) is 106 Å². The first-order valence-corrected chi connectivity index (χ1v) is 31.3. The number of hydrogen-bond acceptors (Lipinski definition) is 34. The van der Waals surface area contributed by atoms with E-state index < -0.39 is 260 Å². The summed E-state index contributed by atoms with van der Waals surface area (Å²) in [5, 5.41) is 72.6. The van der Waals surface area contributed by atoms with E-state index in [1.54, 1.807) is 0 Å². The van der Waals surface area contributed by atoms with E-state index in [1.165, 1.54) is 0 Å². The van der Waals surface area contributed by atoms with Gasteiger partial charge >= 0.3 is 95.5 Å². The van der Waals surface area contributed by atoms with Crippen molar-refractivity contribution in [3.63, 3.8) is 0 Å². The predicted molar refractivity (Wildman–Crippen MR) is 391 cm³/mol. The Morgan fingerprint density at radius 3 is 0.500 bits per heavy atom. The molecule has 0 radical (unpaired) electrons. The highest BCUT2D eigenvalue weighted by Crippen LogP contribution is 2.11. The maximum absolute atomic E-state index is 12.3. The number of carboxylic acids is 8. The van der Waals surface area contributed by atoms with Gasteiger partial charge < -0.3 is 126 Å². The van der Waals surface area contributed by atoms with Crippen molar-refractivity contribution in [2.45, 2.75) is 190 Å². The molecule has 4 unspecified atom stereocenters. The molecule has 0 spiro atoms. The molecule has 0 aromatic carbocycles. The summed E-state index contributed by atoms with van der Waals surface area (Å²) in [4.78, 5) is 187. The van der Waals surface area contributed by atoms with Gasteiger partial charge in [-0.1, -0.05) is 74.3 Å². The Kier molecular flexibility index (Phi) is 86.1. The highest BCUT2D eigenvalue weighted by Gasteiger charge is 2.30. The fourth-order valence-electron chi connectivity index (χ4n) is 6.72. The SMILES string of the molecule is C.C.C.C.C.C.C.C.C.C.CC(C(=O)O)C(=O)OCC(COC(=O)C(C)C(=O)O)OCCOCC(COCCOC(COC(=O)C(C)C(=O)O)COC(=O)C(C)C(=O)O)OCCOC(COCCOC(COC(=O)CCC(=O)O)COC(=O)CCC(=O)O)COCCOC(COC(=O)CCC(=O)O)COC(=O)CCC(=O)O. The summed E-state index contributed by atoms with van der Waals surface area (Å²) in [6.07, 6.45) is -11.2. The third-order valence-corrected chi connectivity index (χ3v) is 12.8. The Hall–Kier alpha value is -8.88. The maximum atomic E-state index is 12.3. The molecule has 662 valence electrons. The van der Waals surface area contributed by atoms with Crippen LogP contribution in [0.3, 0.4) is 0 Å². The highest BCUT2D eigenvalue weighted by molar-refractivity contribution is 5.95. The first-order valence-electron chi connectivity index (χ1n) is 31.3. The second-order valence-corrected chi connectivity index (χ2v) is 21.3. The molecular weight excluding hydrogens is 1510 g/mol. The molecule has 8 N–H and O–H groups in total. The molecule has 0 saturated heterocycles. The predicted octanol–water partition coefficient (Wildman–Crippen LogP) is 4.41. The number of carbonyl (C=O) groups is 16. The number of carboxylic acid groups (broad SMARTS) is 8. The zero-order chi connectivity index (χ0) is 77.0. The Bertz CT molecular complexity index is 2330. The molecule has 0 amide bonds. The van der Waals surface area contributed by atoms with Crippen LogP contribution in [0.1, 0.15) is 153 Å². The summed E-state index contributed by atoms with van der Waals surface area (Å²) in [7, 11) is 0. The fraction of sp³-hybridized carbons (Fsp3) is 0.771. The summed E-state index contributed by atoms with van der Waals surface area (Å²) in [5.74, 6) is -26.1. The first-order chi connectivity index (χ1) is 48.2. The van der Waals surface area contributed by atoms with E-state index in [0.29, 0.717) is 0 Å². The van der Waals surface area contributed by atoms with Crippen LogP contribution in [-0.4, -0.2) is 318 Å². The van der Waals surface area contributed by atoms with Gasteiger partial charge in [0, 0.05) is 0 Å². The first kappa shape index (κ1) is 127. The third kappa shape index (κ3) is 68.0. The summed E-state index contributed by atoms with van der Waals surface area (Å²) >= 11 is 0. The molecule has 0 saturated carbocycles. The number of ether oxygens (including phenoxy) is 18. The largest absolute Gasteiger partial charge is 0.481 e. The van der Waals surface area contributed by atoms with Gasteiger partial charge in [0.2, 0.25) is 0 Å². The minimum absolute atomic E-state index is 0. The number of aliphatic carboxylic acids is 8. The van der Waals surface area contributed by atoms with Crippen LogP contribution in [0.15, 0.2) is 0 Å². The van der Waals surface area contributed by atoms with Gasteiger partial charge in [-0.15, -0.1) is 0 Å². The fourth-order valence-corrected chi connectivity index (χ4v) is 6.72. The number of hydrogen-bond donors (Lipinski definition) is 8. The lowest BCUT2D eigenvalue weighted by molar-refractivity contribution is -0.168. The lowest BCUT2D eigenvalue weighted by Gasteiger charge is -2.22. The van der Waals surface area contributed by atoms with Crippen molar-refractivity contribution >= 4 is 95.5 Å². The quantitative estimate of drug-likeness (QED) is 0.0181. The van der Waals surface area contributed by atoms with Gasteiger partial charge in [-0.25, -0.2) is 0 Å². The van der Waals surface area contributed by atoms with Crippen LogP contribution in [0, 0.1) is 23.7 Å². The summed E-state index contributed by atoms with van der Waals surface area (Å²) in [6, 6.07) is 0. The average molecular weight is 1640 g/mol. The normalized spacial score (nSPS) is 12.1. The van der Waals surface area contributed by atoms with Crippen molar-refractivity contribution in [2.24, 2.45) is 23.7 Å². The summed E-state index contributed by atoms with van der Waals surface area (Å²) in [5.41, 5.74) is 0. The highest BCUT2D eigenvalue weighted by atomic mass is 16.6. The van der Waals surface area contributed by atoms with Crippen LogP contribution in [0.2, 0.25) is 0 Å². The molecule has 0 aliphatic heterocycles. The Labute approximate surface area is 655 Å². The minimum Gasteiger partial charge on any atom is -0.481 e. The molecule has 42 heteroatoms. The molecule has 0 heterocycles. The van der Waals surface area contributed by atoms with E-state index in [2.05, 4.69) is 0 Å². The van der Waals surface area contributed by atoms with Crippen molar-refractivity contribution in [1.82, 2.24) is 0 Å².